The highest BCUT2D eigenvalue weighted by atomic mass is 19.4. The first kappa shape index (κ1) is 13.9. The number of imidazole rings is 1. The van der Waals surface area contributed by atoms with Gasteiger partial charge in [0.1, 0.15) is 17.6 Å². The summed E-state index contributed by atoms with van der Waals surface area (Å²) < 4.78 is 51.8. The van der Waals surface area contributed by atoms with Crippen LogP contribution in [-0.4, -0.2) is 22.2 Å². The molecule has 0 amide bonds. The number of nitrogens with zero attached hydrogens (tertiary/aromatic N) is 1. The fraction of sp³-hybridized carbons (Fsp3) is 0.357. The Bertz CT molecular complexity index is 675. The number of halogens is 4. The molecule has 1 aliphatic heterocycles. The zero-order chi connectivity index (χ0) is 15.2. The molecule has 1 aliphatic rings. The minimum absolute atomic E-state index is 0.0234. The maximum Gasteiger partial charge on any atom is 0.408 e. The summed E-state index contributed by atoms with van der Waals surface area (Å²) in [6.07, 6.45) is -3.98. The van der Waals surface area contributed by atoms with Gasteiger partial charge in [-0.2, -0.15) is 17.6 Å². The number of benzene rings is 1. The number of rotatable bonds is 1. The van der Waals surface area contributed by atoms with Crippen LogP contribution in [0.4, 0.5) is 23.2 Å². The van der Waals surface area contributed by atoms with Gasteiger partial charge in [-0.3, -0.25) is 0 Å². The van der Waals surface area contributed by atoms with Crippen molar-refractivity contribution in [3.8, 4) is 11.3 Å². The van der Waals surface area contributed by atoms with Crippen molar-refractivity contribution in [2.24, 2.45) is 0 Å². The van der Waals surface area contributed by atoms with Crippen LogP contribution in [0, 0.1) is 12.9 Å². The van der Waals surface area contributed by atoms with Gasteiger partial charge in [0.05, 0.1) is 0 Å². The van der Waals surface area contributed by atoms with E-state index in [1.54, 1.807) is 25.1 Å². The zero-order valence-corrected chi connectivity index (χ0v) is 11.2. The zero-order valence-electron chi connectivity index (χ0n) is 11.2. The highest BCUT2D eigenvalue weighted by molar-refractivity contribution is 5.67. The van der Waals surface area contributed by atoms with E-state index in [-0.39, 0.29) is 12.1 Å². The van der Waals surface area contributed by atoms with Crippen molar-refractivity contribution >= 4 is 5.69 Å². The molecule has 1 unspecified atom stereocenters. The highest BCUT2D eigenvalue weighted by Crippen LogP contribution is 2.35. The molecule has 0 spiro atoms. The Morgan fingerprint density at radius 2 is 2.05 bits per heavy atom. The second-order valence-corrected chi connectivity index (χ2v) is 5.14. The summed E-state index contributed by atoms with van der Waals surface area (Å²) in [5.74, 6) is -0.153. The lowest BCUT2D eigenvalue weighted by molar-refractivity contribution is -0.144. The van der Waals surface area contributed by atoms with Crippen LogP contribution in [0.15, 0.2) is 18.2 Å². The van der Waals surface area contributed by atoms with E-state index < -0.39 is 18.2 Å². The molecule has 0 aliphatic carbocycles. The maximum atomic E-state index is 13.6. The summed E-state index contributed by atoms with van der Waals surface area (Å²) in [7, 11) is 0. The van der Waals surface area contributed by atoms with Crippen LogP contribution in [0.3, 0.4) is 0 Å². The van der Waals surface area contributed by atoms with E-state index >= 15 is 0 Å². The summed E-state index contributed by atoms with van der Waals surface area (Å²) >= 11 is 0. The topological polar surface area (TPSA) is 40.7 Å². The molecule has 3 nitrogen and oxygen atoms in total. The number of hydrogen-bond acceptors (Lipinski definition) is 2. The van der Waals surface area contributed by atoms with Crippen LogP contribution in [0.1, 0.15) is 17.8 Å². The molecule has 0 fully saturated rings. The average Bonchev–Trinajstić information content (AvgIpc) is 2.75. The molecule has 112 valence electrons. The predicted octanol–water partition coefficient (Wildman–Crippen LogP) is 3.81. The number of aromatic nitrogens is 2. The lowest BCUT2D eigenvalue weighted by Gasteiger charge is -2.29. The summed E-state index contributed by atoms with van der Waals surface area (Å²) in [6, 6.07) is 3.31. The van der Waals surface area contributed by atoms with Crippen LogP contribution in [0.25, 0.3) is 11.3 Å². The third kappa shape index (κ3) is 2.59. The fourth-order valence-electron chi connectivity index (χ4n) is 2.56. The monoisotopic (exact) mass is 299 g/mol. The Hall–Kier alpha value is -2.05. The fourth-order valence-corrected chi connectivity index (χ4v) is 2.56. The number of aryl methyl sites for hydroxylation is 2. The number of fused-ring (bicyclic) bond motifs is 1. The Kier molecular flexibility index (Phi) is 3.15. The minimum Gasteiger partial charge on any atom is -0.374 e. The number of anilines is 1. The van der Waals surface area contributed by atoms with E-state index in [0.29, 0.717) is 23.5 Å². The number of alkyl halides is 3. The van der Waals surface area contributed by atoms with Crippen LogP contribution in [0.2, 0.25) is 0 Å². The van der Waals surface area contributed by atoms with Crippen LogP contribution in [0.5, 0.6) is 0 Å². The lowest BCUT2D eigenvalue weighted by Crippen LogP contribution is -2.39. The first-order valence-corrected chi connectivity index (χ1v) is 6.53. The van der Waals surface area contributed by atoms with Gasteiger partial charge < -0.3 is 10.3 Å². The van der Waals surface area contributed by atoms with Gasteiger partial charge in [0, 0.05) is 11.3 Å². The van der Waals surface area contributed by atoms with Gasteiger partial charge in [-0.15, -0.1) is 0 Å². The van der Waals surface area contributed by atoms with E-state index in [0.717, 1.165) is 5.56 Å². The molecular weight excluding hydrogens is 286 g/mol. The standard InChI is InChI=1S/C14H13F4N3/c1-7-19-12(13(15)20-7)9-2-4-10-8(6-9)3-5-11(21-10)14(16,17)18/h2,4,6,11,21H,3,5H2,1H3,(H,19,20). The smallest absolute Gasteiger partial charge is 0.374 e. The molecule has 2 heterocycles. The van der Waals surface area contributed by atoms with Crippen LogP contribution < -0.4 is 5.32 Å². The molecule has 7 heteroatoms. The first-order chi connectivity index (χ1) is 9.84. The van der Waals surface area contributed by atoms with Gasteiger partial charge >= 0.3 is 6.18 Å². The predicted molar refractivity (Wildman–Crippen MR) is 70.5 cm³/mol. The summed E-state index contributed by atoms with van der Waals surface area (Å²) in [5, 5.41) is 2.49. The SMILES string of the molecule is Cc1nc(F)c(-c2ccc3c(c2)CCC(C(F)(F)F)N3)[nH]1. The Morgan fingerprint density at radius 3 is 2.67 bits per heavy atom. The largest absolute Gasteiger partial charge is 0.408 e. The van der Waals surface area contributed by atoms with E-state index in [9.17, 15) is 17.6 Å². The molecule has 1 aromatic heterocycles. The van der Waals surface area contributed by atoms with E-state index in [1.807, 2.05) is 0 Å². The van der Waals surface area contributed by atoms with Crippen LogP contribution >= 0.6 is 0 Å². The second-order valence-electron chi connectivity index (χ2n) is 5.14. The van der Waals surface area contributed by atoms with Gasteiger partial charge in [0.25, 0.3) is 0 Å². The molecule has 1 aromatic carbocycles. The lowest BCUT2D eigenvalue weighted by atomic mass is 9.95. The average molecular weight is 299 g/mol. The van der Waals surface area contributed by atoms with Crippen molar-refractivity contribution in [3.05, 3.63) is 35.5 Å². The van der Waals surface area contributed by atoms with Crippen molar-refractivity contribution in [1.29, 1.82) is 0 Å². The quantitative estimate of drug-likeness (QED) is 0.786. The van der Waals surface area contributed by atoms with E-state index in [4.69, 9.17) is 0 Å². The van der Waals surface area contributed by atoms with Crippen molar-refractivity contribution in [3.63, 3.8) is 0 Å². The highest BCUT2D eigenvalue weighted by Gasteiger charge is 2.41. The van der Waals surface area contributed by atoms with Gasteiger partial charge in [0.2, 0.25) is 5.95 Å². The molecular formula is C14H13F4N3. The van der Waals surface area contributed by atoms with Gasteiger partial charge in [-0.05, 0) is 37.5 Å². The molecule has 0 saturated carbocycles. The van der Waals surface area contributed by atoms with Gasteiger partial charge in [-0.25, -0.2) is 4.98 Å². The summed E-state index contributed by atoms with van der Waals surface area (Å²) in [6.45, 7) is 1.64. The number of nitrogens with one attached hydrogen (secondary N) is 2. The Morgan fingerprint density at radius 1 is 1.29 bits per heavy atom. The summed E-state index contributed by atoms with van der Waals surface area (Å²) in [5.41, 5.74) is 2.04. The van der Waals surface area contributed by atoms with Crippen molar-refractivity contribution < 1.29 is 17.6 Å². The number of aromatic amines is 1. The Labute approximate surface area is 118 Å². The molecule has 0 radical (unpaired) electrons. The molecule has 0 saturated heterocycles. The first-order valence-electron chi connectivity index (χ1n) is 6.53. The third-order valence-corrected chi connectivity index (χ3v) is 3.60. The number of H-pyrrole nitrogens is 1. The Balaban J connectivity index is 1.92. The molecule has 1 atom stereocenters. The third-order valence-electron chi connectivity index (χ3n) is 3.60. The molecule has 2 aromatic rings. The summed E-state index contributed by atoms with van der Waals surface area (Å²) in [4.78, 5) is 6.47. The van der Waals surface area contributed by atoms with Gasteiger partial charge in [0.15, 0.2) is 0 Å². The molecule has 21 heavy (non-hydrogen) atoms. The van der Waals surface area contributed by atoms with Gasteiger partial charge in [-0.1, -0.05) is 6.07 Å². The number of hydrogen-bond donors (Lipinski definition) is 2. The molecule has 2 N–H and O–H groups in total. The normalized spacial score (nSPS) is 18.2. The van der Waals surface area contributed by atoms with Crippen LogP contribution in [-0.2, 0) is 6.42 Å². The van der Waals surface area contributed by atoms with Crippen molar-refractivity contribution in [2.75, 3.05) is 5.32 Å². The second kappa shape index (κ2) is 4.75. The van der Waals surface area contributed by atoms with Crippen molar-refractivity contribution in [2.45, 2.75) is 32.0 Å². The van der Waals surface area contributed by atoms with E-state index in [2.05, 4.69) is 15.3 Å². The van der Waals surface area contributed by atoms with Crippen molar-refractivity contribution in [1.82, 2.24) is 9.97 Å². The maximum absolute atomic E-state index is 13.6. The van der Waals surface area contributed by atoms with E-state index in [1.165, 1.54) is 0 Å². The molecule has 0 bridgehead atoms. The minimum atomic E-state index is -4.26. The molecule has 3 rings (SSSR count).